The molecule has 0 spiro atoms. The van der Waals surface area contributed by atoms with Crippen LogP contribution in [0.1, 0.15) is 39.0 Å². The number of anilines is 1. The van der Waals surface area contributed by atoms with E-state index in [-0.39, 0.29) is 36.6 Å². The van der Waals surface area contributed by atoms with Gasteiger partial charge in [-0.15, -0.1) is 0 Å². The van der Waals surface area contributed by atoms with Crippen LogP contribution in [0.4, 0.5) is 14.5 Å². The van der Waals surface area contributed by atoms with Gasteiger partial charge in [-0.2, -0.15) is 0 Å². The molecule has 1 aliphatic carbocycles. The minimum Gasteiger partial charge on any atom is -0.452 e. The second kappa shape index (κ2) is 8.67. The quantitative estimate of drug-likeness (QED) is 0.576. The summed E-state index contributed by atoms with van der Waals surface area (Å²) in [6, 6.07) is 3.12. The molecule has 2 fully saturated rings. The number of hydrogen-bond acceptors (Lipinski definition) is 5. The first-order valence-corrected chi connectivity index (χ1v) is 9.59. The summed E-state index contributed by atoms with van der Waals surface area (Å²) >= 11 is 0. The molecule has 1 aromatic carbocycles. The van der Waals surface area contributed by atoms with Crippen LogP contribution in [-0.2, 0) is 23.9 Å². The van der Waals surface area contributed by atoms with Gasteiger partial charge in [0.1, 0.15) is 17.3 Å². The summed E-state index contributed by atoms with van der Waals surface area (Å²) in [6.45, 7) is 1.15. The van der Waals surface area contributed by atoms with E-state index in [1.54, 1.807) is 0 Å². The standard InChI is InChI=1S/C20H22F2N2O5/c1-11(18(26)23-17-14(21)7-4-8-15(17)22)29-16(25)9-10-24-19(27)12-5-2-3-6-13(12)20(24)28/h4,7-8,11-13H,2-3,5-6,9-10H2,1H3,(H,23,26)/t11-,12-,13+/m1/s1. The molecule has 1 N–H and O–H groups in total. The molecule has 156 valence electrons. The third-order valence-electron chi connectivity index (χ3n) is 5.36. The Hall–Kier alpha value is -2.84. The number of imide groups is 1. The summed E-state index contributed by atoms with van der Waals surface area (Å²) in [6.07, 6.45) is 1.60. The zero-order chi connectivity index (χ0) is 21.1. The number of carbonyl (C=O) groups is 4. The summed E-state index contributed by atoms with van der Waals surface area (Å²) in [7, 11) is 0. The first-order chi connectivity index (χ1) is 13.8. The first kappa shape index (κ1) is 20.9. The number of carbonyl (C=O) groups excluding carboxylic acids is 4. The number of fused-ring (bicyclic) bond motifs is 1. The van der Waals surface area contributed by atoms with Crippen molar-refractivity contribution < 1.29 is 32.7 Å². The van der Waals surface area contributed by atoms with Gasteiger partial charge in [-0.05, 0) is 31.9 Å². The number of amides is 3. The van der Waals surface area contributed by atoms with Crippen LogP contribution in [0, 0.1) is 23.5 Å². The van der Waals surface area contributed by atoms with Crippen molar-refractivity contribution in [2.24, 2.45) is 11.8 Å². The number of halogens is 2. The van der Waals surface area contributed by atoms with Gasteiger partial charge in [0.2, 0.25) is 11.8 Å². The molecule has 1 saturated carbocycles. The van der Waals surface area contributed by atoms with Gasteiger partial charge < -0.3 is 10.1 Å². The zero-order valence-electron chi connectivity index (χ0n) is 16.0. The maximum absolute atomic E-state index is 13.6. The molecule has 1 aliphatic heterocycles. The molecule has 2 aliphatic rings. The lowest BCUT2D eigenvalue weighted by atomic mass is 9.81. The molecule has 3 amide bonds. The van der Waals surface area contributed by atoms with Crippen LogP contribution in [0.3, 0.4) is 0 Å². The molecule has 1 saturated heterocycles. The smallest absolute Gasteiger partial charge is 0.308 e. The maximum atomic E-state index is 13.6. The zero-order valence-corrected chi connectivity index (χ0v) is 16.0. The highest BCUT2D eigenvalue weighted by Gasteiger charge is 2.47. The predicted octanol–water partition coefficient (Wildman–Crippen LogP) is 2.40. The topological polar surface area (TPSA) is 92.8 Å². The number of benzene rings is 1. The molecule has 1 aromatic rings. The fraction of sp³-hybridized carbons (Fsp3) is 0.500. The average molecular weight is 408 g/mol. The van der Waals surface area contributed by atoms with E-state index >= 15 is 0 Å². The summed E-state index contributed by atoms with van der Waals surface area (Å²) < 4.78 is 32.2. The number of nitrogens with zero attached hydrogens (tertiary/aromatic N) is 1. The Morgan fingerprint density at radius 1 is 1.14 bits per heavy atom. The third-order valence-corrected chi connectivity index (χ3v) is 5.36. The highest BCUT2D eigenvalue weighted by atomic mass is 19.1. The van der Waals surface area contributed by atoms with E-state index in [0.717, 1.165) is 35.9 Å². The highest BCUT2D eigenvalue weighted by molar-refractivity contribution is 6.05. The molecule has 7 nitrogen and oxygen atoms in total. The number of rotatable bonds is 6. The van der Waals surface area contributed by atoms with E-state index in [2.05, 4.69) is 0 Å². The van der Waals surface area contributed by atoms with E-state index in [0.29, 0.717) is 12.8 Å². The molecule has 3 atom stereocenters. The minimum atomic E-state index is -1.31. The number of para-hydroxylation sites is 1. The van der Waals surface area contributed by atoms with Crippen LogP contribution >= 0.6 is 0 Å². The number of hydrogen-bond donors (Lipinski definition) is 1. The van der Waals surface area contributed by atoms with E-state index in [1.807, 2.05) is 5.32 Å². The van der Waals surface area contributed by atoms with Crippen molar-refractivity contribution >= 4 is 29.4 Å². The Kier molecular flexibility index (Phi) is 6.24. The van der Waals surface area contributed by atoms with E-state index in [4.69, 9.17) is 4.74 Å². The molecular formula is C20H22F2N2O5. The van der Waals surface area contributed by atoms with Crippen molar-refractivity contribution in [2.45, 2.75) is 45.1 Å². The van der Waals surface area contributed by atoms with Crippen molar-refractivity contribution in [1.29, 1.82) is 0 Å². The van der Waals surface area contributed by atoms with Crippen molar-refractivity contribution in [3.8, 4) is 0 Å². The van der Waals surface area contributed by atoms with E-state index < -0.39 is 35.3 Å². The van der Waals surface area contributed by atoms with Gasteiger partial charge in [0, 0.05) is 6.54 Å². The lowest BCUT2D eigenvalue weighted by Crippen LogP contribution is -2.35. The normalized spacial score (nSPS) is 22.2. The lowest BCUT2D eigenvalue weighted by molar-refractivity contribution is -0.154. The molecule has 1 heterocycles. The Morgan fingerprint density at radius 3 is 2.24 bits per heavy atom. The summed E-state index contributed by atoms with van der Waals surface area (Å²) in [4.78, 5) is 49.9. The van der Waals surface area contributed by atoms with Crippen molar-refractivity contribution in [3.63, 3.8) is 0 Å². The van der Waals surface area contributed by atoms with Gasteiger partial charge >= 0.3 is 5.97 Å². The van der Waals surface area contributed by atoms with Crippen molar-refractivity contribution in [1.82, 2.24) is 4.90 Å². The van der Waals surface area contributed by atoms with Gasteiger partial charge in [0.05, 0.1) is 18.3 Å². The molecule has 0 radical (unpaired) electrons. The van der Waals surface area contributed by atoms with Crippen LogP contribution in [0.2, 0.25) is 0 Å². The van der Waals surface area contributed by atoms with Gasteiger partial charge in [-0.25, -0.2) is 8.78 Å². The summed E-state index contributed by atoms with van der Waals surface area (Å²) in [5, 5.41) is 2.04. The Balaban J connectivity index is 1.51. The second-order valence-electron chi connectivity index (χ2n) is 7.29. The van der Waals surface area contributed by atoms with E-state index in [1.165, 1.54) is 6.92 Å². The Morgan fingerprint density at radius 2 is 1.69 bits per heavy atom. The predicted molar refractivity (Wildman–Crippen MR) is 97.3 cm³/mol. The average Bonchev–Trinajstić information content (AvgIpc) is 2.93. The fourth-order valence-electron chi connectivity index (χ4n) is 3.81. The number of esters is 1. The molecule has 0 bridgehead atoms. The molecule has 29 heavy (non-hydrogen) atoms. The first-order valence-electron chi connectivity index (χ1n) is 9.59. The summed E-state index contributed by atoms with van der Waals surface area (Å²) in [5.41, 5.74) is -0.628. The van der Waals surface area contributed by atoms with Crippen LogP contribution in [-0.4, -0.2) is 41.2 Å². The molecule has 0 unspecified atom stereocenters. The number of likely N-dealkylation sites (tertiary alicyclic amines) is 1. The second-order valence-corrected chi connectivity index (χ2v) is 7.29. The lowest BCUT2D eigenvalue weighted by Gasteiger charge is -2.19. The van der Waals surface area contributed by atoms with Gasteiger partial charge in [0.15, 0.2) is 6.10 Å². The van der Waals surface area contributed by atoms with Crippen LogP contribution < -0.4 is 5.32 Å². The molecule has 9 heteroatoms. The minimum absolute atomic E-state index is 0.111. The molecule has 0 aromatic heterocycles. The third kappa shape index (κ3) is 4.44. The van der Waals surface area contributed by atoms with Gasteiger partial charge in [-0.1, -0.05) is 18.9 Å². The Bertz CT molecular complexity index is 800. The van der Waals surface area contributed by atoms with Gasteiger partial charge in [-0.3, -0.25) is 24.1 Å². The van der Waals surface area contributed by atoms with Gasteiger partial charge in [0.25, 0.3) is 5.91 Å². The SMILES string of the molecule is C[C@@H](OC(=O)CCN1C(=O)[C@H]2CCCC[C@H]2C1=O)C(=O)Nc1c(F)cccc1F. The number of ether oxygens (including phenoxy) is 1. The maximum Gasteiger partial charge on any atom is 0.308 e. The summed E-state index contributed by atoms with van der Waals surface area (Å²) in [5.74, 6) is -4.71. The Labute approximate surface area is 166 Å². The largest absolute Gasteiger partial charge is 0.452 e. The fourth-order valence-corrected chi connectivity index (χ4v) is 3.81. The van der Waals surface area contributed by atoms with Crippen molar-refractivity contribution in [2.75, 3.05) is 11.9 Å². The van der Waals surface area contributed by atoms with Crippen LogP contribution in [0.15, 0.2) is 18.2 Å². The van der Waals surface area contributed by atoms with Crippen molar-refractivity contribution in [3.05, 3.63) is 29.8 Å². The van der Waals surface area contributed by atoms with E-state index in [9.17, 15) is 28.0 Å². The van der Waals surface area contributed by atoms with Crippen LogP contribution in [0.25, 0.3) is 0 Å². The van der Waals surface area contributed by atoms with Crippen LogP contribution in [0.5, 0.6) is 0 Å². The number of nitrogens with one attached hydrogen (secondary N) is 1. The molecule has 3 rings (SSSR count). The monoisotopic (exact) mass is 408 g/mol. The molecular weight excluding hydrogens is 386 g/mol. The highest BCUT2D eigenvalue weighted by Crippen LogP contribution is 2.38.